The Bertz CT molecular complexity index is 304. The lowest BCUT2D eigenvalue weighted by molar-refractivity contribution is 0.326. The van der Waals surface area contributed by atoms with Crippen molar-refractivity contribution in [2.24, 2.45) is 0 Å². The summed E-state index contributed by atoms with van der Waals surface area (Å²) in [5.41, 5.74) is 0. The molecule has 1 N–H and O–H groups in total. The van der Waals surface area contributed by atoms with E-state index >= 15 is 0 Å². The molecule has 0 fully saturated rings. The zero-order valence-corrected chi connectivity index (χ0v) is 10.4. The second kappa shape index (κ2) is 7.04. The highest BCUT2D eigenvalue weighted by molar-refractivity contribution is 5.28. The van der Waals surface area contributed by atoms with E-state index in [1.807, 2.05) is 6.92 Å². The molecule has 1 atom stereocenters. The number of ether oxygens (including phenoxy) is 1. The van der Waals surface area contributed by atoms with Gasteiger partial charge in [0.05, 0.1) is 6.61 Å². The summed E-state index contributed by atoms with van der Waals surface area (Å²) in [7, 11) is 0. The second-order valence-electron chi connectivity index (χ2n) is 3.84. The largest absolute Gasteiger partial charge is 0.478 e. The second-order valence-corrected chi connectivity index (χ2v) is 3.84. The van der Waals surface area contributed by atoms with Crippen LogP contribution in [0.2, 0.25) is 0 Å². The first-order valence-electron chi connectivity index (χ1n) is 5.98. The predicted octanol–water partition coefficient (Wildman–Crippen LogP) is 2.87. The van der Waals surface area contributed by atoms with Gasteiger partial charge in [-0.15, -0.1) is 0 Å². The Kier molecular flexibility index (Phi) is 5.61. The van der Waals surface area contributed by atoms with Crippen molar-refractivity contribution >= 4 is 5.95 Å². The first-order chi connectivity index (χ1) is 7.76. The molecule has 1 rings (SSSR count). The van der Waals surface area contributed by atoms with Gasteiger partial charge in [-0.3, -0.25) is 0 Å². The lowest BCUT2D eigenvalue weighted by atomic mass is 10.1. The van der Waals surface area contributed by atoms with Gasteiger partial charge in [0.2, 0.25) is 11.8 Å². The van der Waals surface area contributed by atoms with E-state index in [4.69, 9.17) is 4.74 Å². The van der Waals surface area contributed by atoms with E-state index in [2.05, 4.69) is 29.1 Å². The Hall–Kier alpha value is -1.32. The van der Waals surface area contributed by atoms with Gasteiger partial charge >= 0.3 is 0 Å². The minimum Gasteiger partial charge on any atom is -0.478 e. The van der Waals surface area contributed by atoms with Crippen molar-refractivity contribution in [1.29, 1.82) is 0 Å². The zero-order chi connectivity index (χ0) is 11.8. The summed E-state index contributed by atoms with van der Waals surface area (Å²) in [4.78, 5) is 8.43. The normalized spacial score (nSPS) is 12.2. The van der Waals surface area contributed by atoms with E-state index in [1.165, 1.54) is 12.8 Å². The number of unbranched alkanes of at least 4 members (excludes halogenated alkanes) is 1. The Morgan fingerprint density at radius 2 is 2.25 bits per heavy atom. The maximum Gasteiger partial charge on any atom is 0.226 e. The fourth-order valence-electron chi connectivity index (χ4n) is 1.44. The van der Waals surface area contributed by atoms with Crippen molar-refractivity contribution in [1.82, 2.24) is 9.97 Å². The molecule has 0 spiro atoms. The highest BCUT2D eigenvalue weighted by atomic mass is 16.5. The molecule has 90 valence electrons. The Balaban J connectivity index is 2.49. The summed E-state index contributed by atoms with van der Waals surface area (Å²) in [5.74, 6) is 1.28. The van der Waals surface area contributed by atoms with Crippen LogP contribution in [0.5, 0.6) is 5.88 Å². The molecule has 0 aliphatic carbocycles. The number of aromatic nitrogens is 2. The molecule has 4 nitrogen and oxygen atoms in total. The third-order valence-electron chi connectivity index (χ3n) is 2.29. The molecule has 0 saturated carbocycles. The van der Waals surface area contributed by atoms with Crippen LogP contribution in [-0.2, 0) is 0 Å². The van der Waals surface area contributed by atoms with E-state index in [0.717, 1.165) is 6.42 Å². The molecule has 0 saturated heterocycles. The van der Waals surface area contributed by atoms with E-state index < -0.39 is 0 Å². The monoisotopic (exact) mass is 223 g/mol. The predicted molar refractivity (Wildman–Crippen MR) is 65.8 cm³/mol. The third-order valence-corrected chi connectivity index (χ3v) is 2.29. The Morgan fingerprint density at radius 1 is 1.44 bits per heavy atom. The van der Waals surface area contributed by atoms with Crippen LogP contribution in [0.1, 0.15) is 40.0 Å². The lowest BCUT2D eigenvalue weighted by Crippen LogP contribution is -2.16. The fourth-order valence-corrected chi connectivity index (χ4v) is 1.44. The molecule has 0 aliphatic rings. The van der Waals surface area contributed by atoms with Gasteiger partial charge < -0.3 is 10.1 Å². The number of nitrogens with zero attached hydrogens (tertiary/aromatic N) is 2. The zero-order valence-electron chi connectivity index (χ0n) is 10.4. The van der Waals surface area contributed by atoms with Gasteiger partial charge in [0.1, 0.15) is 0 Å². The van der Waals surface area contributed by atoms with Gasteiger partial charge in [-0.2, -0.15) is 4.98 Å². The molecule has 0 radical (unpaired) electrons. The topological polar surface area (TPSA) is 47.0 Å². The molecule has 1 heterocycles. The van der Waals surface area contributed by atoms with Crippen molar-refractivity contribution in [3.8, 4) is 5.88 Å². The van der Waals surface area contributed by atoms with Gasteiger partial charge in [-0.05, 0) is 20.3 Å². The average Bonchev–Trinajstić information content (AvgIpc) is 2.27. The van der Waals surface area contributed by atoms with E-state index in [0.29, 0.717) is 24.5 Å². The van der Waals surface area contributed by atoms with Crippen LogP contribution in [0.25, 0.3) is 0 Å². The summed E-state index contributed by atoms with van der Waals surface area (Å²) in [6, 6.07) is 2.17. The molecule has 1 aromatic rings. The van der Waals surface area contributed by atoms with Crippen LogP contribution in [0.4, 0.5) is 5.95 Å². The molecule has 1 unspecified atom stereocenters. The Labute approximate surface area is 97.5 Å². The lowest BCUT2D eigenvalue weighted by Gasteiger charge is -2.13. The summed E-state index contributed by atoms with van der Waals surface area (Å²) in [5, 5.41) is 3.27. The van der Waals surface area contributed by atoms with Gasteiger partial charge in [0, 0.05) is 18.3 Å². The molecule has 1 aromatic heterocycles. The van der Waals surface area contributed by atoms with Crippen LogP contribution in [0, 0.1) is 0 Å². The highest BCUT2D eigenvalue weighted by Gasteiger charge is 2.04. The van der Waals surface area contributed by atoms with Gasteiger partial charge in [0.25, 0.3) is 0 Å². The molecule has 0 bridgehead atoms. The third kappa shape index (κ3) is 4.47. The van der Waals surface area contributed by atoms with Gasteiger partial charge in [0.15, 0.2) is 0 Å². The quantitative estimate of drug-likeness (QED) is 0.772. The number of hydrogen-bond donors (Lipinski definition) is 1. The maximum atomic E-state index is 5.32. The molecule has 0 aliphatic heterocycles. The van der Waals surface area contributed by atoms with Crippen molar-refractivity contribution in [3.63, 3.8) is 0 Å². The molecule has 16 heavy (non-hydrogen) atoms. The van der Waals surface area contributed by atoms with Gasteiger partial charge in [-0.1, -0.05) is 19.8 Å². The first-order valence-corrected chi connectivity index (χ1v) is 5.98. The molecular formula is C12H21N3O. The molecule has 4 heteroatoms. The van der Waals surface area contributed by atoms with Crippen molar-refractivity contribution in [2.45, 2.75) is 46.1 Å². The summed E-state index contributed by atoms with van der Waals surface area (Å²) in [6.45, 7) is 6.91. The smallest absolute Gasteiger partial charge is 0.226 e. The maximum absolute atomic E-state index is 5.32. The minimum absolute atomic E-state index is 0.400. The van der Waals surface area contributed by atoms with E-state index in [1.54, 1.807) is 12.3 Å². The van der Waals surface area contributed by atoms with Crippen molar-refractivity contribution < 1.29 is 4.74 Å². The summed E-state index contributed by atoms with van der Waals surface area (Å²) in [6.07, 6.45) is 5.29. The van der Waals surface area contributed by atoms with Crippen LogP contribution in [0.3, 0.4) is 0 Å². The standard InChI is InChI=1S/C12H21N3O/c1-4-6-7-10(3)14-12-13-9-8-11(15-12)16-5-2/h8-10H,4-7H2,1-3H3,(H,13,14,15). The van der Waals surface area contributed by atoms with Crippen molar-refractivity contribution in [2.75, 3.05) is 11.9 Å². The summed E-state index contributed by atoms with van der Waals surface area (Å²) < 4.78 is 5.32. The number of anilines is 1. The number of hydrogen-bond acceptors (Lipinski definition) is 4. The fraction of sp³-hybridized carbons (Fsp3) is 0.667. The number of nitrogens with one attached hydrogen (secondary N) is 1. The Morgan fingerprint density at radius 3 is 2.94 bits per heavy atom. The molecular weight excluding hydrogens is 202 g/mol. The van der Waals surface area contributed by atoms with Crippen LogP contribution in [-0.4, -0.2) is 22.6 Å². The highest BCUT2D eigenvalue weighted by Crippen LogP contribution is 2.10. The van der Waals surface area contributed by atoms with Gasteiger partial charge in [-0.25, -0.2) is 4.98 Å². The van der Waals surface area contributed by atoms with Crippen LogP contribution < -0.4 is 10.1 Å². The average molecular weight is 223 g/mol. The summed E-state index contributed by atoms with van der Waals surface area (Å²) >= 11 is 0. The molecule has 0 aromatic carbocycles. The number of rotatable bonds is 7. The minimum atomic E-state index is 0.400. The molecule has 0 amide bonds. The van der Waals surface area contributed by atoms with Crippen molar-refractivity contribution in [3.05, 3.63) is 12.3 Å². The van der Waals surface area contributed by atoms with Crippen LogP contribution in [0.15, 0.2) is 12.3 Å². The van der Waals surface area contributed by atoms with Crippen LogP contribution >= 0.6 is 0 Å². The van der Waals surface area contributed by atoms with E-state index in [-0.39, 0.29) is 0 Å². The SMILES string of the molecule is CCCCC(C)Nc1nccc(OCC)n1. The van der Waals surface area contributed by atoms with E-state index in [9.17, 15) is 0 Å². The first kappa shape index (κ1) is 12.7.